The highest BCUT2D eigenvalue weighted by atomic mass is 16.4. The van der Waals surface area contributed by atoms with Crippen molar-refractivity contribution in [2.24, 2.45) is 5.10 Å². The Morgan fingerprint density at radius 3 is 2.65 bits per heavy atom. The van der Waals surface area contributed by atoms with E-state index in [-0.39, 0.29) is 5.69 Å². The molecule has 0 fully saturated rings. The van der Waals surface area contributed by atoms with Crippen molar-refractivity contribution in [3.8, 4) is 6.07 Å². The van der Waals surface area contributed by atoms with Crippen molar-refractivity contribution in [1.29, 1.82) is 5.26 Å². The Morgan fingerprint density at radius 2 is 2.05 bits per heavy atom. The van der Waals surface area contributed by atoms with Crippen LogP contribution in [-0.2, 0) is 0 Å². The van der Waals surface area contributed by atoms with Crippen LogP contribution in [0.25, 0.3) is 0 Å². The average molecular weight is 268 g/mol. The second kappa shape index (κ2) is 6.02. The number of rotatable bonds is 4. The minimum Gasteiger partial charge on any atom is -0.425 e. The smallest absolute Gasteiger partial charge is 0.254 e. The molecule has 5 nitrogen and oxygen atoms in total. The molecule has 1 heterocycles. The lowest BCUT2D eigenvalue weighted by atomic mass is 10.0. The number of hydrogen-bond acceptors (Lipinski definition) is 5. The van der Waals surface area contributed by atoms with Crippen LogP contribution in [0.4, 0.5) is 5.88 Å². The highest BCUT2D eigenvalue weighted by molar-refractivity contribution is 5.80. The predicted octanol–water partition coefficient (Wildman–Crippen LogP) is 3.14. The van der Waals surface area contributed by atoms with E-state index in [1.807, 2.05) is 18.2 Å². The van der Waals surface area contributed by atoms with E-state index in [9.17, 15) is 0 Å². The molecule has 0 saturated carbocycles. The highest BCUT2D eigenvalue weighted by Gasteiger charge is 2.11. The molecule has 1 aromatic heterocycles. The van der Waals surface area contributed by atoms with Gasteiger partial charge in [-0.1, -0.05) is 38.1 Å². The van der Waals surface area contributed by atoms with Gasteiger partial charge in [0.2, 0.25) is 5.69 Å². The minimum absolute atomic E-state index is 0.222. The summed E-state index contributed by atoms with van der Waals surface area (Å²) in [6.45, 7) is 4.31. The number of oxazole rings is 1. The van der Waals surface area contributed by atoms with Crippen molar-refractivity contribution < 1.29 is 4.42 Å². The largest absolute Gasteiger partial charge is 0.425 e. The van der Waals surface area contributed by atoms with Gasteiger partial charge < -0.3 is 4.42 Å². The van der Waals surface area contributed by atoms with Gasteiger partial charge in [0.1, 0.15) is 6.07 Å². The summed E-state index contributed by atoms with van der Waals surface area (Å²) in [5.74, 6) is 0.846. The van der Waals surface area contributed by atoms with Crippen molar-refractivity contribution in [1.82, 2.24) is 4.98 Å². The summed E-state index contributed by atoms with van der Waals surface area (Å²) >= 11 is 0. The molecule has 20 heavy (non-hydrogen) atoms. The molecule has 0 radical (unpaired) electrons. The summed E-state index contributed by atoms with van der Waals surface area (Å²) in [6.07, 6.45) is 2.95. The van der Waals surface area contributed by atoms with Crippen LogP contribution in [0.2, 0.25) is 0 Å². The second-order valence-electron chi connectivity index (χ2n) is 4.71. The maximum atomic E-state index is 8.87. The van der Waals surface area contributed by atoms with Crippen LogP contribution in [0.3, 0.4) is 0 Å². The van der Waals surface area contributed by atoms with Crippen LogP contribution in [0.1, 0.15) is 36.6 Å². The van der Waals surface area contributed by atoms with Crippen LogP contribution in [0, 0.1) is 11.3 Å². The first kappa shape index (κ1) is 13.8. The Bertz CT molecular complexity index is 635. The third-order valence-electron chi connectivity index (χ3n) is 2.93. The van der Waals surface area contributed by atoms with Crippen molar-refractivity contribution in [3.63, 3.8) is 0 Å². The number of nitrogens with zero attached hydrogens (tertiary/aromatic N) is 4. The summed E-state index contributed by atoms with van der Waals surface area (Å²) in [4.78, 5) is 3.80. The van der Waals surface area contributed by atoms with Gasteiger partial charge in [0, 0.05) is 7.05 Å². The van der Waals surface area contributed by atoms with Crippen LogP contribution in [-0.4, -0.2) is 18.2 Å². The second-order valence-corrected chi connectivity index (χ2v) is 4.71. The van der Waals surface area contributed by atoms with E-state index in [0.29, 0.717) is 11.8 Å². The Morgan fingerprint density at radius 1 is 1.35 bits per heavy atom. The van der Waals surface area contributed by atoms with Gasteiger partial charge in [0.25, 0.3) is 5.88 Å². The van der Waals surface area contributed by atoms with Crippen molar-refractivity contribution >= 4 is 12.1 Å². The monoisotopic (exact) mass is 268 g/mol. The standard InChI is InChI=1S/C15H16N4O/c1-11(2)13-6-4-12(5-7-13)9-18-19(3)15-14(8-16)17-10-20-15/h4-7,9-11H,1-3H3. The van der Waals surface area contributed by atoms with E-state index >= 15 is 0 Å². The Labute approximate surface area is 118 Å². The van der Waals surface area contributed by atoms with Crippen LogP contribution >= 0.6 is 0 Å². The first-order chi connectivity index (χ1) is 9.61. The summed E-state index contributed by atoms with van der Waals surface area (Å²) in [6, 6.07) is 10.1. The van der Waals surface area contributed by atoms with Crippen molar-refractivity contribution in [3.05, 3.63) is 47.5 Å². The van der Waals surface area contributed by atoms with Gasteiger partial charge in [-0.05, 0) is 17.0 Å². The van der Waals surface area contributed by atoms with E-state index < -0.39 is 0 Å². The molecule has 2 aromatic rings. The normalized spacial score (nSPS) is 10.9. The zero-order valence-electron chi connectivity index (χ0n) is 11.7. The fraction of sp³-hybridized carbons (Fsp3) is 0.267. The molecule has 0 unspecified atom stereocenters. The van der Waals surface area contributed by atoms with Crippen LogP contribution in [0.5, 0.6) is 0 Å². The molecule has 0 amide bonds. The summed E-state index contributed by atoms with van der Waals surface area (Å²) in [7, 11) is 1.71. The molecule has 0 aliphatic carbocycles. The number of nitriles is 1. The topological polar surface area (TPSA) is 65.4 Å². The van der Waals surface area contributed by atoms with Gasteiger partial charge in [0.15, 0.2) is 6.39 Å². The van der Waals surface area contributed by atoms with E-state index in [0.717, 1.165) is 5.56 Å². The fourth-order valence-electron chi connectivity index (χ4n) is 1.72. The van der Waals surface area contributed by atoms with Crippen molar-refractivity contribution in [2.45, 2.75) is 19.8 Å². The molecule has 0 spiro atoms. The van der Waals surface area contributed by atoms with Gasteiger partial charge in [-0.15, -0.1) is 0 Å². The third kappa shape index (κ3) is 3.04. The van der Waals surface area contributed by atoms with Gasteiger partial charge >= 0.3 is 0 Å². The van der Waals surface area contributed by atoms with Gasteiger partial charge in [-0.2, -0.15) is 10.4 Å². The lowest BCUT2D eigenvalue weighted by Crippen LogP contribution is -2.09. The van der Waals surface area contributed by atoms with E-state index in [1.54, 1.807) is 13.3 Å². The first-order valence-corrected chi connectivity index (χ1v) is 6.33. The van der Waals surface area contributed by atoms with E-state index in [2.05, 4.69) is 36.1 Å². The molecule has 0 N–H and O–H groups in total. The third-order valence-corrected chi connectivity index (χ3v) is 2.93. The lowest BCUT2D eigenvalue weighted by molar-refractivity contribution is 0.551. The van der Waals surface area contributed by atoms with Gasteiger partial charge in [-0.25, -0.2) is 9.99 Å². The summed E-state index contributed by atoms with van der Waals surface area (Å²) in [5.41, 5.74) is 2.50. The molecular formula is C15H16N4O. The fourth-order valence-corrected chi connectivity index (χ4v) is 1.72. The molecule has 0 atom stereocenters. The van der Waals surface area contributed by atoms with Gasteiger partial charge in [-0.3, -0.25) is 0 Å². The maximum absolute atomic E-state index is 8.87. The molecule has 0 aliphatic heterocycles. The number of aromatic nitrogens is 1. The zero-order chi connectivity index (χ0) is 14.5. The van der Waals surface area contributed by atoms with E-state index in [4.69, 9.17) is 9.68 Å². The van der Waals surface area contributed by atoms with Crippen LogP contribution in [0.15, 0.2) is 40.2 Å². The molecule has 0 saturated heterocycles. The van der Waals surface area contributed by atoms with E-state index in [1.165, 1.54) is 17.0 Å². The molecule has 0 aliphatic rings. The summed E-state index contributed by atoms with van der Waals surface area (Å²) < 4.78 is 5.13. The average Bonchev–Trinajstić information content (AvgIpc) is 2.93. The summed E-state index contributed by atoms with van der Waals surface area (Å²) in [5, 5.41) is 14.6. The SMILES string of the molecule is CC(C)c1ccc(C=NN(C)c2ocnc2C#N)cc1. The molecule has 102 valence electrons. The number of anilines is 1. The number of hydrazone groups is 1. The number of benzene rings is 1. The van der Waals surface area contributed by atoms with Crippen LogP contribution < -0.4 is 5.01 Å². The minimum atomic E-state index is 0.222. The molecule has 0 bridgehead atoms. The Hall–Kier alpha value is -2.61. The Balaban J connectivity index is 2.11. The maximum Gasteiger partial charge on any atom is 0.254 e. The zero-order valence-corrected chi connectivity index (χ0v) is 11.7. The Kier molecular flexibility index (Phi) is 4.16. The molecule has 5 heteroatoms. The number of hydrogen-bond donors (Lipinski definition) is 0. The highest BCUT2D eigenvalue weighted by Crippen LogP contribution is 2.17. The predicted molar refractivity (Wildman–Crippen MR) is 77.7 cm³/mol. The van der Waals surface area contributed by atoms with Gasteiger partial charge in [0.05, 0.1) is 6.21 Å². The quantitative estimate of drug-likeness (QED) is 0.631. The van der Waals surface area contributed by atoms with Crippen molar-refractivity contribution in [2.75, 3.05) is 12.1 Å². The molecular weight excluding hydrogens is 252 g/mol. The first-order valence-electron chi connectivity index (χ1n) is 6.33. The lowest BCUT2D eigenvalue weighted by Gasteiger charge is -2.08. The molecule has 1 aromatic carbocycles. The molecule has 2 rings (SSSR count).